The highest BCUT2D eigenvalue weighted by Gasteiger charge is 2.29. The predicted octanol–water partition coefficient (Wildman–Crippen LogP) is 3.21. The fourth-order valence-corrected chi connectivity index (χ4v) is 3.44. The van der Waals surface area contributed by atoms with Gasteiger partial charge in [-0.2, -0.15) is 0 Å². The first kappa shape index (κ1) is 11.0. The van der Waals surface area contributed by atoms with E-state index in [0.717, 1.165) is 11.8 Å². The Morgan fingerprint density at radius 1 is 1.24 bits per heavy atom. The van der Waals surface area contributed by atoms with E-state index in [1.54, 1.807) is 5.56 Å². The van der Waals surface area contributed by atoms with Gasteiger partial charge in [0.15, 0.2) is 0 Å². The molecular formula is C16H21N. The molecule has 1 fully saturated rings. The van der Waals surface area contributed by atoms with E-state index >= 15 is 0 Å². The van der Waals surface area contributed by atoms with Crippen LogP contribution in [0.25, 0.3) is 5.57 Å². The number of fused-ring (bicyclic) bond motifs is 2. The van der Waals surface area contributed by atoms with Crippen molar-refractivity contribution in [2.75, 3.05) is 20.1 Å². The fraction of sp³-hybridized carbons (Fsp3) is 0.500. The maximum Gasteiger partial charge on any atom is 0.00154 e. The summed E-state index contributed by atoms with van der Waals surface area (Å²) in [6.45, 7) is 4.78. The average Bonchev–Trinajstić information content (AvgIpc) is 2.46. The van der Waals surface area contributed by atoms with Crippen molar-refractivity contribution in [3.63, 3.8) is 0 Å². The van der Waals surface area contributed by atoms with Crippen LogP contribution in [-0.2, 0) is 6.42 Å². The number of piperidine rings is 1. The van der Waals surface area contributed by atoms with Gasteiger partial charge in [0.1, 0.15) is 0 Å². The van der Waals surface area contributed by atoms with Crippen molar-refractivity contribution in [2.45, 2.75) is 19.8 Å². The van der Waals surface area contributed by atoms with Crippen molar-refractivity contribution in [2.24, 2.45) is 11.8 Å². The molecular weight excluding hydrogens is 206 g/mol. The van der Waals surface area contributed by atoms with Gasteiger partial charge < -0.3 is 4.90 Å². The first-order chi connectivity index (χ1) is 8.24. The Balaban J connectivity index is 1.99. The molecule has 90 valence electrons. The van der Waals surface area contributed by atoms with Crippen molar-refractivity contribution in [1.82, 2.24) is 4.90 Å². The van der Waals surface area contributed by atoms with Gasteiger partial charge in [0.05, 0.1) is 0 Å². The van der Waals surface area contributed by atoms with E-state index in [9.17, 15) is 0 Å². The van der Waals surface area contributed by atoms with Gasteiger partial charge >= 0.3 is 0 Å². The van der Waals surface area contributed by atoms with E-state index in [2.05, 4.69) is 49.2 Å². The van der Waals surface area contributed by atoms with E-state index in [-0.39, 0.29) is 0 Å². The van der Waals surface area contributed by atoms with Crippen molar-refractivity contribution in [1.29, 1.82) is 0 Å². The van der Waals surface area contributed by atoms with Gasteiger partial charge in [-0.15, -0.1) is 0 Å². The molecule has 2 aliphatic rings. The second-order valence-electron chi connectivity index (χ2n) is 5.69. The maximum atomic E-state index is 2.53. The number of likely N-dealkylation sites (tertiary alicyclic amines) is 1. The molecule has 1 aliphatic heterocycles. The summed E-state index contributed by atoms with van der Waals surface area (Å²) in [5.41, 5.74) is 4.51. The van der Waals surface area contributed by atoms with Gasteiger partial charge in [0, 0.05) is 6.54 Å². The highest BCUT2D eigenvalue weighted by atomic mass is 15.1. The van der Waals surface area contributed by atoms with Crippen LogP contribution in [0.15, 0.2) is 30.3 Å². The number of benzene rings is 1. The lowest BCUT2D eigenvalue weighted by Gasteiger charge is -2.34. The summed E-state index contributed by atoms with van der Waals surface area (Å²) in [4.78, 5) is 2.48. The Morgan fingerprint density at radius 3 is 2.94 bits per heavy atom. The first-order valence-corrected chi connectivity index (χ1v) is 6.69. The second-order valence-corrected chi connectivity index (χ2v) is 5.69. The number of rotatable bonds is 0. The van der Waals surface area contributed by atoms with Crippen LogP contribution in [0.2, 0.25) is 0 Å². The summed E-state index contributed by atoms with van der Waals surface area (Å²) >= 11 is 0. The molecule has 1 aromatic carbocycles. The Labute approximate surface area is 104 Å². The van der Waals surface area contributed by atoms with Crippen LogP contribution in [0.3, 0.4) is 0 Å². The highest BCUT2D eigenvalue weighted by molar-refractivity contribution is 5.67. The Morgan fingerprint density at radius 2 is 2.06 bits per heavy atom. The molecule has 0 radical (unpaired) electrons. The Hall–Kier alpha value is -1.08. The molecule has 3 rings (SSSR count). The topological polar surface area (TPSA) is 3.24 Å². The van der Waals surface area contributed by atoms with Crippen LogP contribution >= 0.6 is 0 Å². The average molecular weight is 227 g/mol. The summed E-state index contributed by atoms with van der Waals surface area (Å²) in [6.07, 6.45) is 5.11. The molecule has 1 aromatic rings. The van der Waals surface area contributed by atoms with Crippen LogP contribution in [0.5, 0.6) is 0 Å². The molecule has 2 atom stereocenters. The van der Waals surface area contributed by atoms with Crippen molar-refractivity contribution < 1.29 is 0 Å². The van der Waals surface area contributed by atoms with Gasteiger partial charge in [0.25, 0.3) is 0 Å². The van der Waals surface area contributed by atoms with E-state index in [0.29, 0.717) is 0 Å². The van der Waals surface area contributed by atoms with Gasteiger partial charge in [-0.25, -0.2) is 0 Å². The van der Waals surface area contributed by atoms with Crippen LogP contribution in [0.4, 0.5) is 0 Å². The van der Waals surface area contributed by atoms with Gasteiger partial charge in [-0.05, 0) is 61.9 Å². The molecule has 0 N–H and O–H groups in total. The predicted molar refractivity (Wildman–Crippen MR) is 72.9 cm³/mol. The van der Waals surface area contributed by atoms with Gasteiger partial charge in [-0.3, -0.25) is 0 Å². The Kier molecular flexibility index (Phi) is 2.79. The van der Waals surface area contributed by atoms with E-state index in [1.165, 1.54) is 37.1 Å². The third-order valence-electron chi connectivity index (χ3n) is 4.38. The lowest BCUT2D eigenvalue weighted by molar-refractivity contribution is 0.170. The Bertz CT molecular complexity index is 447. The van der Waals surface area contributed by atoms with Crippen LogP contribution in [-0.4, -0.2) is 25.0 Å². The smallest absolute Gasteiger partial charge is 0.00154 e. The summed E-state index contributed by atoms with van der Waals surface area (Å²) in [6, 6.07) is 8.93. The zero-order valence-corrected chi connectivity index (χ0v) is 10.8. The van der Waals surface area contributed by atoms with Crippen molar-refractivity contribution in [3.8, 4) is 0 Å². The molecule has 0 spiro atoms. The number of hydrogen-bond donors (Lipinski definition) is 0. The number of nitrogens with zero attached hydrogens (tertiary/aromatic N) is 1. The molecule has 0 amide bonds. The monoisotopic (exact) mass is 227 g/mol. The fourth-order valence-electron chi connectivity index (χ4n) is 3.44. The number of allylic oxidation sites excluding steroid dienone is 2. The minimum Gasteiger partial charge on any atom is -0.306 e. The van der Waals surface area contributed by atoms with Crippen LogP contribution < -0.4 is 0 Å². The molecule has 17 heavy (non-hydrogen) atoms. The van der Waals surface area contributed by atoms with E-state index in [1.807, 2.05) is 0 Å². The van der Waals surface area contributed by atoms with Crippen molar-refractivity contribution in [3.05, 3.63) is 41.5 Å². The summed E-state index contributed by atoms with van der Waals surface area (Å²) < 4.78 is 0. The maximum absolute atomic E-state index is 2.53. The second kappa shape index (κ2) is 4.30. The third-order valence-corrected chi connectivity index (χ3v) is 4.38. The largest absolute Gasteiger partial charge is 0.306 e. The van der Waals surface area contributed by atoms with E-state index < -0.39 is 0 Å². The van der Waals surface area contributed by atoms with Gasteiger partial charge in [-0.1, -0.05) is 30.3 Å². The SMILES string of the molecule is CC1=C[C@@H]2CCN(C)C[C@H]2Cc2ccccc21. The highest BCUT2D eigenvalue weighted by Crippen LogP contribution is 2.35. The lowest BCUT2D eigenvalue weighted by atomic mass is 9.83. The van der Waals surface area contributed by atoms with Gasteiger partial charge in [0.2, 0.25) is 0 Å². The van der Waals surface area contributed by atoms with Crippen LogP contribution in [0, 0.1) is 11.8 Å². The molecule has 1 saturated heterocycles. The molecule has 1 aliphatic carbocycles. The molecule has 0 aromatic heterocycles. The summed E-state index contributed by atoms with van der Waals surface area (Å²) in [5.74, 6) is 1.60. The van der Waals surface area contributed by atoms with Crippen molar-refractivity contribution >= 4 is 5.57 Å². The molecule has 0 unspecified atom stereocenters. The minimum atomic E-state index is 0.790. The zero-order chi connectivity index (χ0) is 11.8. The quantitative estimate of drug-likeness (QED) is 0.658. The molecule has 1 heterocycles. The lowest BCUT2D eigenvalue weighted by Crippen LogP contribution is -2.38. The minimum absolute atomic E-state index is 0.790. The summed E-state index contributed by atoms with van der Waals surface area (Å²) in [5, 5.41) is 0. The molecule has 1 nitrogen and oxygen atoms in total. The summed E-state index contributed by atoms with van der Waals surface area (Å²) in [7, 11) is 2.25. The zero-order valence-electron chi connectivity index (χ0n) is 10.8. The normalized spacial score (nSPS) is 28.9. The third kappa shape index (κ3) is 2.04. The molecule has 1 heteroatoms. The van der Waals surface area contributed by atoms with Crippen LogP contribution in [0.1, 0.15) is 24.5 Å². The molecule has 0 saturated carbocycles. The number of hydrogen-bond acceptors (Lipinski definition) is 1. The van der Waals surface area contributed by atoms with E-state index in [4.69, 9.17) is 0 Å². The molecule has 0 bridgehead atoms. The first-order valence-electron chi connectivity index (χ1n) is 6.69. The standard InChI is InChI=1S/C16H21N/c1-12-9-13-7-8-17(2)11-15(13)10-14-5-3-4-6-16(12)14/h3-6,9,13,15H,7-8,10-11H2,1-2H3/t13-,15+/m0/s1.